The summed E-state index contributed by atoms with van der Waals surface area (Å²) in [6.07, 6.45) is 3.17. The van der Waals surface area contributed by atoms with Gasteiger partial charge in [-0.05, 0) is 38.0 Å². The first-order valence-electron chi connectivity index (χ1n) is 6.00. The number of hydrogen-bond donors (Lipinski definition) is 0. The third kappa shape index (κ3) is 2.56. The van der Waals surface area contributed by atoms with E-state index in [1.807, 2.05) is 6.92 Å². The summed E-state index contributed by atoms with van der Waals surface area (Å²) in [4.78, 5) is 14.3. The molecule has 0 spiro atoms. The third-order valence-electron chi connectivity index (χ3n) is 3.32. The fraction of sp³-hybridized carbons (Fsp3) is 0.462. The predicted molar refractivity (Wildman–Crippen MR) is 69.3 cm³/mol. The van der Waals surface area contributed by atoms with E-state index in [1.54, 1.807) is 17.0 Å². The SMILES string of the molecule is C[C@H]1CCCN1C(=O)c1cccc(S(C)(=O)=O)c1. The fourth-order valence-corrected chi connectivity index (χ4v) is 2.93. The van der Waals surface area contributed by atoms with Crippen molar-refractivity contribution in [2.45, 2.75) is 30.7 Å². The average molecular weight is 267 g/mol. The van der Waals surface area contributed by atoms with Gasteiger partial charge in [-0.2, -0.15) is 0 Å². The molecule has 0 bridgehead atoms. The van der Waals surface area contributed by atoms with Crippen LogP contribution in [0, 0.1) is 0 Å². The van der Waals surface area contributed by atoms with Gasteiger partial charge in [-0.15, -0.1) is 0 Å². The standard InChI is InChI=1S/C13H17NO3S/c1-10-5-4-8-14(10)13(15)11-6-3-7-12(9-11)18(2,16)17/h3,6-7,9-10H,4-5,8H2,1-2H3/t10-/m0/s1. The van der Waals surface area contributed by atoms with Crippen LogP contribution in [0.25, 0.3) is 0 Å². The normalized spacial score (nSPS) is 20.1. The van der Waals surface area contributed by atoms with Gasteiger partial charge in [0.15, 0.2) is 9.84 Å². The molecule has 0 N–H and O–H groups in total. The Morgan fingerprint density at radius 1 is 1.39 bits per heavy atom. The van der Waals surface area contributed by atoms with Crippen molar-refractivity contribution in [3.05, 3.63) is 29.8 Å². The Morgan fingerprint density at radius 2 is 2.11 bits per heavy atom. The molecule has 5 heteroatoms. The van der Waals surface area contributed by atoms with Gasteiger partial charge in [-0.1, -0.05) is 6.07 Å². The van der Waals surface area contributed by atoms with Crippen molar-refractivity contribution >= 4 is 15.7 Å². The van der Waals surface area contributed by atoms with Gasteiger partial charge < -0.3 is 4.90 Å². The second-order valence-electron chi connectivity index (χ2n) is 4.79. The van der Waals surface area contributed by atoms with Gasteiger partial charge in [-0.25, -0.2) is 8.42 Å². The third-order valence-corrected chi connectivity index (χ3v) is 4.43. The van der Waals surface area contributed by atoms with Crippen LogP contribution < -0.4 is 0 Å². The molecule has 2 rings (SSSR count). The Balaban J connectivity index is 2.31. The Morgan fingerprint density at radius 3 is 2.67 bits per heavy atom. The van der Waals surface area contributed by atoms with Crippen LogP contribution in [0.15, 0.2) is 29.2 Å². The lowest BCUT2D eigenvalue weighted by Crippen LogP contribution is -2.33. The Labute approximate surface area is 108 Å². The Kier molecular flexibility index (Phi) is 3.43. The van der Waals surface area contributed by atoms with Crippen molar-refractivity contribution in [1.82, 2.24) is 4.90 Å². The molecule has 1 amide bonds. The first-order valence-corrected chi connectivity index (χ1v) is 7.90. The van der Waals surface area contributed by atoms with Gasteiger partial charge >= 0.3 is 0 Å². The number of amides is 1. The molecular formula is C13H17NO3S. The van der Waals surface area contributed by atoms with E-state index in [0.29, 0.717) is 5.56 Å². The highest BCUT2D eigenvalue weighted by Gasteiger charge is 2.26. The molecule has 1 aliphatic heterocycles. The van der Waals surface area contributed by atoms with Crippen LogP contribution in [-0.4, -0.2) is 38.1 Å². The number of likely N-dealkylation sites (tertiary alicyclic amines) is 1. The summed E-state index contributed by atoms with van der Waals surface area (Å²) in [5.41, 5.74) is 0.451. The lowest BCUT2D eigenvalue weighted by Gasteiger charge is -2.21. The summed E-state index contributed by atoms with van der Waals surface area (Å²) in [6, 6.07) is 6.49. The number of carbonyl (C=O) groups is 1. The van der Waals surface area contributed by atoms with Gasteiger partial charge in [-0.3, -0.25) is 4.79 Å². The molecule has 18 heavy (non-hydrogen) atoms. The monoisotopic (exact) mass is 267 g/mol. The highest BCUT2D eigenvalue weighted by atomic mass is 32.2. The quantitative estimate of drug-likeness (QED) is 0.819. The van der Waals surface area contributed by atoms with Crippen molar-refractivity contribution in [3.63, 3.8) is 0 Å². The Bertz CT molecular complexity index is 565. The molecule has 0 aromatic heterocycles. The molecule has 1 fully saturated rings. The van der Waals surface area contributed by atoms with Gasteiger partial charge in [0.1, 0.15) is 0 Å². The summed E-state index contributed by atoms with van der Waals surface area (Å²) in [7, 11) is -3.27. The zero-order valence-electron chi connectivity index (χ0n) is 10.6. The Hall–Kier alpha value is -1.36. The van der Waals surface area contributed by atoms with E-state index in [1.165, 1.54) is 12.1 Å². The predicted octanol–water partition coefficient (Wildman–Crippen LogP) is 1.71. The summed E-state index contributed by atoms with van der Waals surface area (Å²) in [5, 5.41) is 0. The van der Waals surface area contributed by atoms with E-state index < -0.39 is 9.84 Å². The zero-order chi connectivity index (χ0) is 13.3. The zero-order valence-corrected chi connectivity index (χ0v) is 11.4. The van der Waals surface area contributed by atoms with E-state index in [4.69, 9.17) is 0 Å². The summed E-state index contributed by atoms with van der Waals surface area (Å²) < 4.78 is 22.9. The van der Waals surface area contributed by atoms with E-state index in [2.05, 4.69) is 0 Å². The van der Waals surface area contributed by atoms with Gasteiger partial charge in [0.25, 0.3) is 5.91 Å². The van der Waals surface area contributed by atoms with Crippen molar-refractivity contribution in [2.24, 2.45) is 0 Å². The molecule has 1 aromatic carbocycles. The average Bonchev–Trinajstić information content (AvgIpc) is 2.73. The number of carbonyl (C=O) groups excluding carboxylic acids is 1. The molecule has 1 saturated heterocycles. The first-order chi connectivity index (χ1) is 8.39. The van der Waals surface area contributed by atoms with Crippen molar-refractivity contribution in [2.75, 3.05) is 12.8 Å². The topological polar surface area (TPSA) is 54.5 Å². The van der Waals surface area contributed by atoms with Crippen molar-refractivity contribution in [3.8, 4) is 0 Å². The second kappa shape index (κ2) is 4.72. The number of rotatable bonds is 2. The molecule has 1 aliphatic rings. The number of hydrogen-bond acceptors (Lipinski definition) is 3. The highest BCUT2D eigenvalue weighted by Crippen LogP contribution is 2.20. The van der Waals surface area contributed by atoms with Crippen molar-refractivity contribution in [1.29, 1.82) is 0 Å². The van der Waals surface area contributed by atoms with Crippen molar-refractivity contribution < 1.29 is 13.2 Å². The van der Waals surface area contributed by atoms with Crippen LogP contribution in [0.3, 0.4) is 0 Å². The highest BCUT2D eigenvalue weighted by molar-refractivity contribution is 7.90. The maximum Gasteiger partial charge on any atom is 0.254 e. The maximum atomic E-state index is 12.3. The van der Waals surface area contributed by atoms with E-state index in [-0.39, 0.29) is 16.8 Å². The summed E-state index contributed by atoms with van der Waals surface area (Å²) in [5.74, 6) is -0.0782. The van der Waals surface area contributed by atoms with Gasteiger partial charge in [0, 0.05) is 24.4 Å². The smallest absolute Gasteiger partial charge is 0.254 e. The number of benzene rings is 1. The number of nitrogens with zero attached hydrogens (tertiary/aromatic N) is 1. The largest absolute Gasteiger partial charge is 0.336 e. The van der Waals surface area contributed by atoms with Crippen LogP contribution in [0.4, 0.5) is 0 Å². The molecule has 0 aliphatic carbocycles. The first kappa shape index (κ1) is 13.1. The molecule has 1 aromatic rings. The lowest BCUT2D eigenvalue weighted by molar-refractivity contribution is 0.0747. The summed E-state index contributed by atoms with van der Waals surface area (Å²) in [6.45, 7) is 2.77. The minimum Gasteiger partial charge on any atom is -0.336 e. The van der Waals surface area contributed by atoms with E-state index >= 15 is 0 Å². The lowest BCUT2D eigenvalue weighted by atomic mass is 10.2. The maximum absolute atomic E-state index is 12.3. The van der Waals surface area contributed by atoms with Gasteiger partial charge in [0.05, 0.1) is 4.90 Å². The second-order valence-corrected chi connectivity index (χ2v) is 6.81. The van der Waals surface area contributed by atoms with Crippen LogP contribution in [0.1, 0.15) is 30.1 Å². The molecule has 1 heterocycles. The molecule has 0 radical (unpaired) electrons. The fourth-order valence-electron chi connectivity index (χ4n) is 2.26. The summed E-state index contributed by atoms with van der Waals surface area (Å²) >= 11 is 0. The number of sulfone groups is 1. The van der Waals surface area contributed by atoms with E-state index in [0.717, 1.165) is 25.6 Å². The molecule has 98 valence electrons. The molecule has 0 unspecified atom stereocenters. The molecular weight excluding hydrogens is 250 g/mol. The molecule has 0 saturated carbocycles. The van der Waals surface area contributed by atoms with Crippen LogP contribution in [0.2, 0.25) is 0 Å². The molecule has 4 nitrogen and oxygen atoms in total. The van der Waals surface area contributed by atoms with Crippen LogP contribution in [-0.2, 0) is 9.84 Å². The van der Waals surface area contributed by atoms with E-state index in [9.17, 15) is 13.2 Å². The van der Waals surface area contributed by atoms with Crippen LogP contribution >= 0.6 is 0 Å². The molecule has 1 atom stereocenters. The minimum atomic E-state index is -3.27. The van der Waals surface area contributed by atoms with Gasteiger partial charge in [0.2, 0.25) is 0 Å². The minimum absolute atomic E-state index is 0.0782. The van der Waals surface area contributed by atoms with Crippen LogP contribution in [0.5, 0.6) is 0 Å².